The highest BCUT2D eigenvalue weighted by molar-refractivity contribution is 5.72. The van der Waals surface area contributed by atoms with Gasteiger partial charge in [-0.2, -0.15) is 0 Å². The van der Waals surface area contributed by atoms with Gasteiger partial charge in [-0.05, 0) is 47.1 Å². The number of tetrazole rings is 2. The van der Waals surface area contributed by atoms with Crippen molar-refractivity contribution in [3.05, 3.63) is 30.3 Å². The number of hydrogen-bond acceptors (Lipinski definition) is 9. The fourth-order valence-corrected chi connectivity index (χ4v) is 1.97. The Balaban J connectivity index is 1.76. The first kappa shape index (κ1) is 15.7. The molecule has 3 aromatic rings. The molecule has 0 aliphatic rings. The Hall–Kier alpha value is -3.21. The predicted molar refractivity (Wildman–Crippen MR) is 80.4 cm³/mol. The largest absolute Gasteiger partial charge is 0.425 e. The van der Waals surface area contributed by atoms with Crippen molar-refractivity contribution in [3.8, 4) is 17.4 Å². The minimum Gasteiger partial charge on any atom is -0.425 e. The molecular weight excluding hydrogens is 314 g/mol. The normalized spacial score (nSPS) is 11.0. The van der Waals surface area contributed by atoms with Crippen LogP contribution in [0.3, 0.4) is 0 Å². The molecule has 24 heavy (non-hydrogen) atoms. The van der Waals surface area contributed by atoms with Crippen molar-refractivity contribution in [3.63, 3.8) is 0 Å². The van der Waals surface area contributed by atoms with Crippen molar-refractivity contribution >= 4 is 5.97 Å². The van der Waals surface area contributed by atoms with Crippen molar-refractivity contribution in [2.45, 2.75) is 13.2 Å². The first-order chi connectivity index (χ1) is 11.6. The summed E-state index contributed by atoms with van der Waals surface area (Å²) in [5.74, 6) is 0.601. The van der Waals surface area contributed by atoms with E-state index in [0.29, 0.717) is 18.2 Å². The monoisotopic (exact) mass is 329 g/mol. The van der Waals surface area contributed by atoms with Gasteiger partial charge in [0.1, 0.15) is 12.3 Å². The highest BCUT2D eigenvalue weighted by Gasteiger charge is 2.19. The molecule has 0 atom stereocenters. The van der Waals surface area contributed by atoms with E-state index in [1.54, 1.807) is 24.3 Å². The SMILES string of the molecule is CN(C)Cn1nnnc1-c1nnnn1CC(=O)Oc1ccccc1. The summed E-state index contributed by atoms with van der Waals surface area (Å²) in [5.41, 5.74) is 0. The van der Waals surface area contributed by atoms with Gasteiger partial charge < -0.3 is 4.74 Å². The molecule has 124 valence electrons. The van der Waals surface area contributed by atoms with E-state index in [2.05, 4.69) is 31.1 Å². The minimum absolute atomic E-state index is 0.161. The summed E-state index contributed by atoms with van der Waals surface area (Å²) < 4.78 is 8.06. The molecular formula is C13H15N9O2. The van der Waals surface area contributed by atoms with Crippen LogP contribution in [0.25, 0.3) is 11.6 Å². The number of nitrogens with zero attached hydrogens (tertiary/aromatic N) is 9. The van der Waals surface area contributed by atoms with Crippen molar-refractivity contribution < 1.29 is 9.53 Å². The highest BCUT2D eigenvalue weighted by Crippen LogP contribution is 2.13. The van der Waals surface area contributed by atoms with Crippen LogP contribution in [0.4, 0.5) is 0 Å². The lowest BCUT2D eigenvalue weighted by Gasteiger charge is -2.10. The predicted octanol–water partition coefficient (Wildman–Crippen LogP) is -0.549. The van der Waals surface area contributed by atoms with Gasteiger partial charge in [-0.1, -0.05) is 18.2 Å². The summed E-state index contributed by atoms with van der Waals surface area (Å²) >= 11 is 0. The lowest BCUT2D eigenvalue weighted by molar-refractivity contribution is -0.135. The van der Waals surface area contributed by atoms with Gasteiger partial charge in [0.05, 0.1) is 6.67 Å². The number of para-hydroxylation sites is 1. The van der Waals surface area contributed by atoms with E-state index >= 15 is 0 Å². The van der Waals surface area contributed by atoms with Crippen molar-refractivity contribution in [2.75, 3.05) is 14.1 Å². The summed E-state index contributed by atoms with van der Waals surface area (Å²) in [7, 11) is 3.76. The first-order valence-electron chi connectivity index (χ1n) is 7.06. The summed E-state index contributed by atoms with van der Waals surface area (Å²) in [5, 5.41) is 22.7. The molecule has 0 amide bonds. The zero-order valence-corrected chi connectivity index (χ0v) is 13.1. The van der Waals surface area contributed by atoms with Crippen molar-refractivity contribution in [1.29, 1.82) is 0 Å². The van der Waals surface area contributed by atoms with Crippen LogP contribution in [0.5, 0.6) is 5.75 Å². The van der Waals surface area contributed by atoms with Gasteiger partial charge in [0.15, 0.2) is 0 Å². The van der Waals surface area contributed by atoms with E-state index < -0.39 is 5.97 Å². The number of esters is 1. The molecule has 11 heteroatoms. The smallest absolute Gasteiger partial charge is 0.333 e. The van der Waals surface area contributed by atoms with Crippen LogP contribution in [0.2, 0.25) is 0 Å². The zero-order valence-electron chi connectivity index (χ0n) is 13.1. The summed E-state index contributed by atoms with van der Waals surface area (Å²) in [4.78, 5) is 13.9. The number of hydrogen-bond donors (Lipinski definition) is 0. The van der Waals surface area contributed by atoms with Crippen LogP contribution in [0.15, 0.2) is 30.3 Å². The molecule has 0 radical (unpaired) electrons. The van der Waals surface area contributed by atoms with E-state index in [-0.39, 0.29) is 12.4 Å². The Labute approximate surface area is 136 Å². The Morgan fingerprint density at radius 3 is 2.33 bits per heavy atom. The molecule has 0 bridgehead atoms. The van der Waals surface area contributed by atoms with Crippen LogP contribution >= 0.6 is 0 Å². The molecule has 0 saturated heterocycles. The second kappa shape index (κ2) is 6.91. The molecule has 0 N–H and O–H groups in total. The number of ether oxygens (including phenoxy) is 1. The van der Waals surface area contributed by atoms with Crippen molar-refractivity contribution in [2.24, 2.45) is 0 Å². The molecule has 11 nitrogen and oxygen atoms in total. The fourth-order valence-electron chi connectivity index (χ4n) is 1.97. The highest BCUT2D eigenvalue weighted by atomic mass is 16.5. The van der Waals surface area contributed by atoms with Gasteiger partial charge in [0, 0.05) is 0 Å². The zero-order chi connectivity index (χ0) is 16.9. The van der Waals surface area contributed by atoms with Gasteiger partial charge in [0.2, 0.25) is 11.6 Å². The Morgan fingerprint density at radius 2 is 1.67 bits per heavy atom. The van der Waals surface area contributed by atoms with Gasteiger partial charge in [-0.25, -0.2) is 14.2 Å². The Morgan fingerprint density at radius 1 is 1.04 bits per heavy atom. The van der Waals surface area contributed by atoms with Crippen LogP contribution in [-0.4, -0.2) is 65.4 Å². The van der Waals surface area contributed by atoms with E-state index in [9.17, 15) is 4.79 Å². The second-order valence-corrected chi connectivity index (χ2v) is 5.17. The van der Waals surface area contributed by atoms with E-state index in [1.807, 2.05) is 25.1 Å². The number of aromatic nitrogens is 8. The molecule has 0 fully saturated rings. The maximum absolute atomic E-state index is 12.1. The quantitative estimate of drug-likeness (QED) is 0.433. The van der Waals surface area contributed by atoms with E-state index in [4.69, 9.17) is 4.74 Å². The van der Waals surface area contributed by atoms with E-state index in [0.717, 1.165) is 0 Å². The molecule has 0 unspecified atom stereocenters. The average molecular weight is 329 g/mol. The maximum atomic E-state index is 12.1. The molecule has 0 saturated carbocycles. The Kier molecular flexibility index (Phi) is 4.52. The third kappa shape index (κ3) is 3.57. The molecule has 2 aromatic heterocycles. The van der Waals surface area contributed by atoms with Crippen molar-refractivity contribution in [1.82, 2.24) is 45.3 Å². The second-order valence-electron chi connectivity index (χ2n) is 5.17. The van der Waals surface area contributed by atoms with Gasteiger partial charge in [-0.15, -0.1) is 10.2 Å². The van der Waals surface area contributed by atoms with E-state index in [1.165, 1.54) is 9.36 Å². The number of carbonyl (C=O) groups is 1. The lowest BCUT2D eigenvalue weighted by Crippen LogP contribution is -2.21. The molecule has 0 spiro atoms. The summed E-state index contributed by atoms with van der Waals surface area (Å²) in [6.07, 6.45) is 0. The summed E-state index contributed by atoms with van der Waals surface area (Å²) in [6, 6.07) is 8.77. The molecule has 3 rings (SSSR count). The molecule has 0 aliphatic heterocycles. The van der Waals surface area contributed by atoms with Gasteiger partial charge in [0.25, 0.3) is 0 Å². The van der Waals surface area contributed by atoms with Crippen LogP contribution in [0, 0.1) is 0 Å². The van der Waals surface area contributed by atoms with Crippen LogP contribution in [0.1, 0.15) is 0 Å². The Bertz CT molecular complexity index is 812. The van der Waals surface area contributed by atoms with Crippen LogP contribution in [-0.2, 0) is 18.0 Å². The average Bonchev–Trinajstić information content (AvgIpc) is 3.16. The molecule has 2 heterocycles. The van der Waals surface area contributed by atoms with Crippen LogP contribution < -0.4 is 4.74 Å². The van der Waals surface area contributed by atoms with Gasteiger partial charge >= 0.3 is 5.97 Å². The fraction of sp³-hybridized carbons (Fsp3) is 0.308. The standard InChI is InChI=1S/C13H15N9O2/c1-20(2)9-22-13(15-17-19-22)12-14-16-18-21(12)8-11(23)24-10-6-4-3-5-7-10/h3-7H,8-9H2,1-2H3. The topological polar surface area (TPSA) is 117 Å². The third-order valence-corrected chi connectivity index (χ3v) is 2.93. The number of benzene rings is 1. The summed E-state index contributed by atoms with van der Waals surface area (Å²) in [6.45, 7) is 0.287. The van der Waals surface area contributed by atoms with Gasteiger partial charge in [-0.3, -0.25) is 4.90 Å². The number of rotatable bonds is 6. The minimum atomic E-state index is -0.499. The first-order valence-corrected chi connectivity index (χ1v) is 7.06. The molecule has 1 aromatic carbocycles. The number of carbonyl (C=O) groups excluding carboxylic acids is 1. The molecule has 0 aliphatic carbocycles. The lowest BCUT2D eigenvalue weighted by atomic mass is 10.3. The third-order valence-electron chi connectivity index (χ3n) is 2.93. The maximum Gasteiger partial charge on any atom is 0.333 e.